The molecule has 2 saturated heterocycles. The summed E-state index contributed by atoms with van der Waals surface area (Å²) in [5.74, 6) is 1.07. The van der Waals surface area contributed by atoms with Gasteiger partial charge in [-0.25, -0.2) is 10.4 Å². The van der Waals surface area contributed by atoms with E-state index in [0.717, 1.165) is 36.5 Å². The molecule has 8 heteroatoms. The smallest absolute Gasteiger partial charge is 0.241 e. The van der Waals surface area contributed by atoms with Gasteiger partial charge in [-0.05, 0) is 18.6 Å². The maximum Gasteiger partial charge on any atom is 0.241 e. The minimum Gasteiger partial charge on any atom is -0.339 e. The molecule has 2 aliphatic rings. The fourth-order valence-electron chi connectivity index (χ4n) is 3.65. The monoisotopic (exact) mass is 356 g/mol. The molecule has 0 saturated carbocycles. The molecule has 0 bridgehead atoms. The van der Waals surface area contributed by atoms with Gasteiger partial charge in [-0.2, -0.15) is 0 Å². The third kappa shape index (κ3) is 3.30. The molecule has 2 N–H and O–H groups in total. The number of para-hydroxylation sites is 2. The number of hydrogen-bond donors (Lipinski definition) is 2. The number of nitrogens with zero attached hydrogens (tertiary/aromatic N) is 4. The Morgan fingerprint density at radius 2 is 2.00 bits per heavy atom. The third-order valence-electron chi connectivity index (χ3n) is 5.27. The van der Waals surface area contributed by atoms with Gasteiger partial charge in [-0.15, -0.1) is 0 Å². The van der Waals surface area contributed by atoms with Crippen LogP contribution < -0.4 is 10.9 Å². The van der Waals surface area contributed by atoms with Crippen molar-refractivity contribution < 1.29 is 9.59 Å². The van der Waals surface area contributed by atoms with E-state index in [4.69, 9.17) is 4.98 Å². The largest absolute Gasteiger partial charge is 0.339 e. The first-order chi connectivity index (χ1) is 12.6. The molecule has 1 aromatic carbocycles. The van der Waals surface area contributed by atoms with Crippen LogP contribution >= 0.6 is 0 Å². The van der Waals surface area contributed by atoms with Gasteiger partial charge in [0.05, 0.1) is 17.6 Å². The number of aryl methyl sites for hydroxylation is 1. The summed E-state index contributed by atoms with van der Waals surface area (Å²) in [6.45, 7) is 3.84. The van der Waals surface area contributed by atoms with Crippen LogP contribution in [0.1, 0.15) is 18.7 Å². The molecule has 4 rings (SSSR count). The Morgan fingerprint density at radius 1 is 1.23 bits per heavy atom. The third-order valence-corrected chi connectivity index (χ3v) is 5.27. The number of hydrogen-bond acceptors (Lipinski definition) is 5. The first-order valence-electron chi connectivity index (χ1n) is 9.07. The highest BCUT2D eigenvalue weighted by Crippen LogP contribution is 2.17. The van der Waals surface area contributed by atoms with Gasteiger partial charge in [0, 0.05) is 39.6 Å². The molecule has 0 spiro atoms. The van der Waals surface area contributed by atoms with Crippen molar-refractivity contribution in [1.82, 2.24) is 30.2 Å². The zero-order valence-corrected chi connectivity index (χ0v) is 14.9. The maximum absolute atomic E-state index is 12.6. The highest BCUT2D eigenvalue weighted by Gasteiger charge is 2.30. The Kier molecular flexibility index (Phi) is 4.60. The number of aromatic nitrogens is 2. The minimum atomic E-state index is -0.306. The molecule has 0 aliphatic carbocycles. The standard InChI is InChI=1S/C18H24N6O2/c1-22-15-5-3-2-4-13(15)19-16(22)12-23-8-10-24(11-9-23)18(26)14-6-7-17(25)21-20-14/h2-5,14,20H,6-12H2,1H3,(H,21,25). The summed E-state index contributed by atoms with van der Waals surface area (Å²) < 4.78 is 2.14. The predicted molar refractivity (Wildman–Crippen MR) is 96.9 cm³/mol. The average molecular weight is 356 g/mol. The van der Waals surface area contributed by atoms with E-state index in [9.17, 15) is 9.59 Å². The van der Waals surface area contributed by atoms with Crippen molar-refractivity contribution in [1.29, 1.82) is 0 Å². The zero-order valence-electron chi connectivity index (χ0n) is 14.9. The average Bonchev–Trinajstić information content (AvgIpc) is 2.98. The summed E-state index contributed by atoms with van der Waals surface area (Å²) in [5, 5.41) is 0. The second-order valence-corrected chi connectivity index (χ2v) is 6.96. The number of hydrazine groups is 1. The first-order valence-corrected chi connectivity index (χ1v) is 9.07. The summed E-state index contributed by atoms with van der Waals surface area (Å²) in [6, 6.07) is 7.84. The van der Waals surface area contributed by atoms with Crippen LogP contribution in [0.5, 0.6) is 0 Å². The van der Waals surface area contributed by atoms with Crippen LogP contribution in [-0.4, -0.2) is 63.4 Å². The summed E-state index contributed by atoms with van der Waals surface area (Å²) >= 11 is 0. The lowest BCUT2D eigenvalue weighted by molar-refractivity contribution is -0.138. The van der Waals surface area contributed by atoms with Crippen LogP contribution in [0.3, 0.4) is 0 Å². The quantitative estimate of drug-likeness (QED) is 0.809. The van der Waals surface area contributed by atoms with Crippen LogP contribution in [0.4, 0.5) is 0 Å². The predicted octanol–water partition coefficient (Wildman–Crippen LogP) is 0.000700. The van der Waals surface area contributed by atoms with Crippen molar-refractivity contribution in [2.45, 2.75) is 25.4 Å². The number of carbonyl (C=O) groups excluding carboxylic acids is 2. The molecule has 26 heavy (non-hydrogen) atoms. The number of carbonyl (C=O) groups is 2. The zero-order chi connectivity index (χ0) is 18.1. The van der Waals surface area contributed by atoms with Gasteiger partial charge in [0.1, 0.15) is 11.9 Å². The van der Waals surface area contributed by atoms with Crippen molar-refractivity contribution in [2.75, 3.05) is 26.2 Å². The van der Waals surface area contributed by atoms with Crippen molar-refractivity contribution in [2.24, 2.45) is 7.05 Å². The Labute approximate surface area is 152 Å². The van der Waals surface area contributed by atoms with Crippen LogP contribution in [0.25, 0.3) is 11.0 Å². The lowest BCUT2D eigenvalue weighted by atomic mass is 10.1. The molecular weight excluding hydrogens is 332 g/mol. The number of amides is 2. The van der Waals surface area contributed by atoms with Crippen LogP contribution in [0.15, 0.2) is 24.3 Å². The van der Waals surface area contributed by atoms with E-state index in [-0.39, 0.29) is 17.9 Å². The van der Waals surface area contributed by atoms with Gasteiger partial charge in [-0.1, -0.05) is 12.1 Å². The number of nitrogens with one attached hydrogen (secondary N) is 2. The Balaban J connectivity index is 1.34. The molecule has 2 fully saturated rings. The lowest BCUT2D eigenvalue weighted by Gasteiger charge is -2.37. The summed E-state index contributed by atoms with van der Waals surface area (Å²) in [7, 11) is 2.05. The number of piperazine rings is 1. The van der Waals surface area contributed by atoms with Crippen LogP contribution in [-0.2, 0) is 23.2 Å². The van der Waals surface area contributed by atoms with Crippen molar-refractivity contribution >= 4 is 22.8 Å². The van der Waals surface area contributed by atoms with Gasteiger partial charge < -0.3 is 9.47 Å². The summed E-state index contributed by atoms with van der Waals surface area (Å²) in [6.07, 6.45) is 0.959. The fourth-order valence-corrected chi connectivity index (χ4v) is 3.65. The van der Waals surface area contributed by atoms with Crippen molar-refractivity contribution in [3.8, 4) is 0 Å². The molecule has 1 unspecified atom stereocenters. The molecule has 1 atom stereocenters. The van der Waals surface area contributed by atoms with E-state index in [2.05, 4.69) is 26.4 Å². The molecule has 3 heterocycles. The second kappa shape index (κ2) is 7.05. The van der Waals surface area contributed by atoms with Gasteiger partial charge in [-0.3, -0.25) is 19.9 Å². The molecule has 2 aliphatic heterocycles. The molecule has 2 aromatic rings. The minimum absolute atomic E-state index is 0.0543. The fraction of sp³-hybridized carbons (Fsp3) is 0.500. The molecule has 8 nitrogen and oxygen atoms in total. The van der Waals surface area contributed by atoms with E-state index in [1.54, 1.807) is 0 Å². The van der Waals surface area contributed by atoms with E-state index in [1.165, 1.54) is 0 Å². The molecule has 2 amide bonds. The van der Waals surface area contributed by atoms with Gasteiger partial charge in [0.25, 0.3) is 0 Å². The normalized spacial score (nSPS) is 21.8. The van der Waals surface area contributed by atoms with Crippen molar-refractivity contribution in [3.63, 3.8) is 0 Å². The van der Waals surface area contributed by atoms with E-state index >= 15 is 0 Å². The van der Waals surface area contributed by atoms with Gasteiger partial charge in [0.2, 0.25) is 11.8 Å². The highest BCUT2D eigenvalue weighted by atomic mass is 16.2. The number of imidazole rings is 1. The van der Waals surface area contributed by atoms with Crippen LogP contribution in [0.2, 0.25) is 0 Å². The van der Waals surface area contributed by atoms with Gasteiger partial charge in [0.15, 0.2) is 0 Å². The number of rotatable bonds is 3. The Bertz CT molecular complexity index is 814. The Morgan fingerprint density at radius 3 is 2.69 bits per heavy atom. The van der Waals surface area contributed by atoms with Crippen molar-refractivity contribution in [3.05, 3.63) is 30.1 Å². The topological polar surface area (TPSA) is 82.5 Å². The maximum atomic E-state index is 12.6. The van der Waals surface area contributed by atoms with E-state index < -0.39 is 0 Å². The molecule has 0 radical (unpaired) electrons. The van der Waals surface area contributed by atoms with Gasteiger partial charge >= 0.3 is 0 Å². The number of benzene rings is 1. The molecular formula is C18H24N6O2. The summed E-state index contributed by atoms with van der Waals surface area (Å²) in [4.78, 5) is 32.7. The molecule has 1 aromatic heterocycles. The second-order valence-electron chi connectivity index (χ2n) is 6.96. The SMILES string of the molecule is Cn1c(CN2CCN(C(=O)C3CCC(=O)NN3)CC2)nc2ccccc21. The number of fused-ring (bicyclic) bond motifs is 1. The highest BCUT2D eigenvalue weighted by molar-refractivity contribution is 5.85. The van der Waals surface area contributed by atoms with E-state index in [0.29, 0.717) is 25.9 Å². The van der Waals surface area contributed by atoms with Crippen LogP contribution in [0, 0.1) is 0 Å². The Hall–Kier alpha value is -2.45. The molecule has 138 valence electrons. The first kappa shape index (κ1) is 17.0. The lowest BCUT2D eigenvalue weighted by Crippen LogP contribution is -2.59. The summed E-state index contributed by atoms with van der Waals surface area (Å²) in [5.41, 5.74) is 7.53. The van der Waals surface area contributed by atoms with E-state index in [1.807, 2.05) is 30.1 Å².